The Morgan fingerprint density at radius 1 is 0.373 bits per heavy atom. The molecule has 5 atom stereocenters. The van der Waals surface area contributed by atoms with Crippen molar-refractivity contribution in [2.75, 3.05) is 39.6 Å². The molecule has 0 radical (unpaired) electrons. The van der Waals surface area contributed by atoms with Crippen LogP contribution in [-0.4, -0.2) is 95.9 Å². The Labute approximate surface area is 454 Å². The van der Waals surface area contributed by atoms with Gasteiger partial charge in [-0.25, -0.2) is 9.13 Å². The Hall–Kier alpha value is -2.23. The van der Waals surface area contributed by atoms with Gasteiger partial charge in [0.05, 0.1) is 26.4 Å². The first-order valence-corrected chi connectivity index (χ1v) is 32.3. The van der Waals surface area contributed by atoms with Crippen LogP contribution in [0.5, 0.6) is 0 Å². The lowest BCUT2D eigenvalue weighted by Gasteiger charge is -2.21. The monoisotopic (exact) mass is 1110 g/mol. The zero-order chi connectivity index (χ0) is 55.4. The van der Waals surface area contributed by atoms with Gasteiger partial charge in [-0.1, -0.05) is 192 Å². The number of aliphatic hydroxyl groups excluding tert-OH is 2. The van der Waals surface area contributed by atoms with Crippen molar-refractivity contribution in [2.45, 2.75) is 270 Å². The molecule has 440 valence electrons. The summed E-state index contributed by atoms with van der Waals surface area (Å²) in [6.45, 7) is 2.58. The maximum atomic E-state index is 12.8. The van der Waals surface area contributed by atoms with Crippen molar-refractivity contribution in [3.63, 3.8) is 0 Å². The van der Waals surface area contributed by atoms with Crippen molar-refractivity contribution in [1.82, 2.24) is 0 Å². The summed E-state index contributed by atoms with van der Waals surface area (Å²) in [6.07, 6.45) is 45.1. The van der Waals surface area contributed by atoms with Gasteiger partial charge >= 0.3 is 33.6 Å². The number of phosphoric acid groups is 2. The van der Waals surface area contributed by atoms with Gasteiger partial charge in [-0.15, -0.1) is 0 Å². The van der Waals surface area contributed by atoms with Crippen LogP contribution < -0.4 is 0 Å². The first-order valence-electron chi connectivity index (χ1n) is 29.3. The van der Waals surface area contributed by atoms with E-state index >= 15 is 0 Å². The van der Waals surface area contributed by atoms with Crippen LogP contribution >= 0.6 is 15.6 Å². The van der Waals surface area contributed by atoms with E-state index in [4.69, 9.17) is 32.3 Å². The number of hydrogen-bond acceptors (Lipinski definition) is 14. The number of carbonyl (C=O) groups excluding carboxylic acids is 3. The third kappa shape index (κ3) is 53.6. The van der Waals surface area contributed by atoms with Gasteiger partial charge in [0.15, 0.2) is 6.10 Å². The number of aliphatic hydroxyl groups is 2. The quantitative estimate of drug-likeness (QED) is 0.0146. The molecular formula is C57H106O16P2. The number of hydrogen-bond donors (Lipinski definition) is 4. The van der Waals surface area contributed by atoms with Gasteiger partial charge in [0.25, 0.3) is 0 Å². The van der Waals surface area contributed by atoms with Gasteiger partial charge in [0.2, 0.25) is 0 Å². The maximum absolute atomic E-state index is 12.8. The summed E-state index contributed by atoms with van der Waals surface area (Å²) >= 11 is 0. The van der Waals surface area contributed by atoms with E-state index in [2.05, 4.69) is 57.2 Å². The number of ether oxygens (including phenoxy) is 3. The average Bonchev–Trinajstić information content (AvgIpc) is 3.38. The molecule has 18 heteroatoms. The van der Waals surface area contributed by atoms with Gasteiger partial charge in [-0.05, 0) is 77.0 Å². The molecule has 0 aromatic heterocycles. The molecule has 0 saturated heterocycles. The molecule has 0 amide bonds. The third-order valence-corrected chi connectivity index (χ3v) is 14.2. The molecule has 0 aliphatic carbocycles. The first kappa shape index (κ1) is 72.8. The van der Waals surface area contributed by atoms with Crippen molar-refractivity contribution in [3.05, 3.63) is 36.5 Å². The largest absolute Gasteiger partial charge is 0.472 e. The van der Waals surface area contributed by atoms with Gasteiger partial charge in [0.1, 0.15) is 25.4 Å². The van der Waals surface area contributed by atoms with Crippen LogP contribution in [0.15, 0.2) is 36.5 Å². The highest BCUT2D eigenvalue weighted by atomic mass is 31.2. The van der Waals surface area contributed by atoms with E-state index in [0.717, 1.165) is 109 Å². The van der Waals surface area contributed by atoms with Crippen LogP contribution in [0.25, 0.3) is 0 Å². The zero-order valence-electron chi connectivity index (χ0n) is 47.0. The Balaban J connectivity index is 4.65. The maximum Gasteiger partial charge on any atom is 0.472 e. The third-order valence-electron chi connectivity index (χ3n) is 12.3. The SMILES string of the molecule is CCCCC/C=C\C/C=C\CCCCCCCC(=O)OCC(O)COP(=O)(O)OCC(O)COP(=O)(O)OCC(COC(=O)CCCCCCC/C=C\CCCCCC)OC(=O)CCCCCCCCCCCCC. The normalized spacial score (nSPS) is 14.8. The molecule has 0 aliphatic heterocycles. The summed E-state index contributed by atoms with van der Waals surface area (Å²) in [4.78, 5) is 57.9. The Kier molecular flexibility index (Phi) is 50.9. The molecule has 4 N–H and O–H groups in total. The average molecular weight is 1110 g/mol. The predicted octanol–water partition coefficient (Wildman–Crippen LogP) is 14.7. The molecule has 0 heterocycles. The van der Waals surface area contributed by atoms with Gasteiger partial charge < -0.3 is 34.2 Å². The fourth-order valence-corrected chi connectivity index (χ4v) is 9.36. The van der Waals surface area contributed by atoms with E-state index in [1.165, 1.54) is 83.5 Å². The molecular weight excluding hydrogens is 1000 g/mol. The molecule has 0 bridgehead atoms. The standard InChI is InChI=1S/C57H106O16P2/c1-4-7-10-13-16-19-22-24-25-27-30-31-34-37-40-43-55(60)67-46-52(58)47-69-74(63,64)70-48-53(59)49-71-75(65,66)72-51-54(73-57(62)45-42-39-36-33-28-21-18-15-12-9-6-3)50-68-56(61)44-41-38-35-32-29-26-23-20-17-14-11-8-5-2/h16,19-20,23-25,52-54,58-59H,4-15,17-18,21-22,26-51H2,1-3H3,(H,63,64)(H,65,66)/b19-16-,23-20-,25-24-. The lowest BCUT2D eigenvalue weighted by molar-refractivity contribution is -0.161. The topological polar surface area (TPSA) is 231 Å². The van der Waals surface area contributed by atoms with Crippen molar-refractivity contribution in [2.24, 2.45) is 0 Å². The van der Waals surface area contributed by atoms with Crippen molar-refractivity contribution >= 4 is 33.6 Å². The van der Waals surface area contributed by atoms with Gasteiger partial charge in [-0.3, -0.25) is 32.5 Å². The molecule has 0 fully saturated rings. The minimum Gasteiger partial charge on any atom is -0.463 e. The number of unbranched alkanes of at least 4 members (excludes halogenated alkanes) is 27. The number of esters is 3. The van der Waals surface area contributed by atoms with Crippen molar-refractivity contribution in [1.29, 1.82) is 0 Å². The fourth-order valence-electron chi connectivity index (χ4n) is 7.77. The number of rotatable bonds is 56. The molecule has 75 heavy (non-hydrogen) atoms. The summed E-state index contributed by atoms with van der Waals surface area (Å²) in [5.74, 6) is -1.59. The lowest BCUT2D eigenvalue weighted by atomic mass is 10.1. The molecule has 0 aliphatic rings. The van der Waals surface area contributed by atoms with E-state index in [9.17, 15) is 43.5 Å². The number of phosphoric ester groups is 2. The van der Waals surface area contributed by atoms with Crippen molar-refractivity contribution < 1.29 is 75.8 Å². The van der Waals surface area contributed by atoms with Crippen molar-refractivity contribution in [3.8, 4) is 0 Å². The van der Waals surface area contributed by atoms with Crippen LogP contribution in [0.3, 0.4) is 0 Å². The summed E-state index contributed by atoms with van der Waals surface area (Å²) in [5, 5.41) is 20.4. The van der Waals surface area contributed by atoms with E-state index in [1.54, 1.807) is 0 Å². The van der Waals surface area contributed by atoms with E-state index < -0.39 is 91.5 Å². The summed E-state index contributed by atoms with van der Waals surface area (Å²) < 4.78 is 60.5. The lowest BCUT2D eigenvalue weighted by Crippen LogP contribution is -2.30. The second-order valence-corrected chi connectivity index (χ2v) is 22.7. The highest BCUT2D eigenvalue weighted by Gasteiger charge is 2.29. The predicted molar refractivity (Wildman–Crippen MR) is 298 cm³/mol. The van der Waals surface area contributed by atoms with Crippen LogP contribution in [0, 0.1) is 0 Å². The van der Waals surface area contributed by atoms with Crippen LogP contribution in [-0.2, 0) is 55.8 Å². The minimum absolute atomic E-state index is 0.109. The van der Waals surface area contributed by atoms with Crippen LogP contribution in [0.4, 0.5) is 0 Å². The zero-order valence-corrected chi connectivity index (χ0v) is 48.8. The molecule has 0 aromatic rings. The minimum atomic E-state index is -4.90. The second-order valence-electron chi connectivity index (χ2n) is 19.8. The highest BCUT2D eigenvalue weighted by molar-refractivity contribution is 7.47. The summed E-state index contributed by atoms with van der Waals surface area (Å²) in [7, 11) is -9.74. The van der Waals surface area contributed by atoms with Gasteiger partial charge in [0, 0.05) is 19.3 Å². The highest BCUT2D eigenvalue weighted by Crippen LogP contribution is 2.45. The Morgan fingerprint density at radius 3 is 1.09 bits per heavy atom. The second kappa shape index (κ2) is 52.5. The fraction of sp³-hybridized carbons (Fsp3) is 0.842. The summed E-state index contributed by atoms with van der Waals surface area (Å²) in [5.41, 5.74) is 0. The van der Waals surface area contributed by atoms with Gasteiger partial charge in [-0.2, -0.15) is 0 Å². The number of carbonyl (C=O) groups is 3. The first-order chi connectivity index (χ1) is 36.2. The molecule has 0 aromatic carbocycles. The number of allylic oxidation sites excluding steroid dienone is 6. The molecule has 5 unspecified atom stereocenters. The Bertz CT molecular complexity index is 1540. The van der Waals surface area contributed by atoms with E-state index in [1.807, 2.05) is 0 Å². The van der Waals surface area contributed by atoms with E-state index in [0.29, 0.717) is 19.3 Å². The van der Waals surface area contributed by atoms with Crippen LogP contribution in [0.2, 0.25) is 0 Å². The summed E-state index contributed by atoms with van der Waals surface area (Å²) in [6, 6.07) is 0. The smallest absolute Gasteiger partial charge is 0.463 e. The molecule has 0 rings (SSSR count). The molecule has 0 saturated carbocycles. The molecule has 16 nitrogen and oxygen atoms in total. The van der Waals surface area contributed by atoms with Crippen LogP contribution in [0.1, 0.15) is 252 Å². The molecule has 0 spiro atoms. The van der Waals surface area contributed by atoms with E-state index in [-0.39, 0.29) is 19.3 Å². The Morgan fingerprint density at radius 2 is 0.667 bits per heavy atom.